The standard InChI is InChI=1S/C21H27FN6O2.3ClH/c1-15(29)26-8-10-27(11-9-26)19-7-6-18(25-13-19)5-4-17-3-2-16(12-20(17)22)14-28(24)21(23)30;;;/h2-3,6-7,12-13H,4-5,8-11,14,24H2,1H3,(H2,23,30);3*1H. The fourth-order valence-corrected chi connectivity index (χ4v) is 3.46. The van der Waals surface area contributed by atoms with Gasteiger partial charge in [0, 0.05) is 38.8 Å². The van der Waals surface area contributed by atoms with Crippen molar-refractivity contribution in [3.05, 3.63) is 59.2 Å². The van der Waals surface area contributed by atoms with E-state index in [1.807, 2.05) is 23.2 Å². The number of hydrogen-bond acceptors (Lipinski definition) is 5. The van der Waals surface area contributed by atoms with Crippen LogP contribution in [0.4, 0.5) is 14.9 Å². The van der Waals surface area contributed by atoms with E-state index in [0.29, 0.717) is 37.1 Å². The fraction of sp³-hybridized carbons (Fsp3) is 0.381. The summed E-state index contributed by atoms with van der Waals surface area (Å²) >= 11 is 0. The Morgan fingerprint density at radius 1 is 1.06 bits per heavy atom. The highest BCUT2D eigenvalue weighted by molar-refractivity contribution is 5.86. The molecule has 0 spiro atoms. The third-order valence-electron chi connectivity index (χ3n) is 5.30. The Hall–Kier alpha value is -2.33. The maximum absolute atomic E-state index is 14.4. The number of carbonyl (C=O) groups excluding carboxylic acids is 2. The number of nitrogens with zero attached hydrogens (tertiary/aromatic N) is 4. The molecule has 0 unspecified atom stereocenters. The number of anilines is 1. The molecular formula is C21H30Cl3FN6O2. The monoisotopic (exact) mass is 522 g/mol. The number of nitrogens with two attached hydrogens (primary N) is 2. The Morgan fingerprint density at radius 2 is 1.73 bits per heavy atom. The van der Waals surface area contributed by atoms with E-state index in [4.69, 9.17) is 11.6 Å². The van der Waals surface area contributed by atoms with Gasteiger partial charge in [-0.05, 0) is 42.2 Å². The summed E-state index contributed by atoms with van der Waals surface area (Å²) in [7, 11) is 0. The Morgan fingerprint density at radius 3 is 2.24 bits per heavy atom. The van der Waals surface area contributed by atoms with E-state index in [9.17, 15) is 14.0 Å². The first kappa shape index (κ1) is 30.7. The van der Waals surface area contributed by atoms with Crippen molar-refractivity contribution in [2.75, 3.05) is 31.1 Å². The molecule has 8 nitrogen and oxygen atoms in total. The number of urea groups is 1. The summed E-state index contributed by atoms with van der Waals surface area (Å²) in [5.74, 6) is 5.23. The minimum absolute atomic E-state index is 0. The lowest BCUT2D eigenvalue weighted by atomic mass is 10.0. The lowest BCUT2D eigenvalue weighted by Gasteiger charge is -2.35. The Kier molecular flexibility index (Phi) is 13.1. The number of hydrazine groups is 1. The molecule has 4 N–H and O–H groups in total. The minimum Gasteiger partial charge on any atom is -0.367 e. The zero-order valence-electron chi connectivity index (χ0n) is 18.3. The van der Waals surface area contributed by atoms with Gasteiger partial charge in [-0.25, -0.2) is 15.0 Å². The van der Waals surface area contributed by atoms with E-state index in [0.717, 1.165) is 29.5 Å². The van der Waals surface area contributed by atoms with Crippen molar-refractivity contribution in [1.82, 2.24) is 14.9 Å². The summed E-state index contributed by atoms with van der Waals surface area (Å²) in [4.78, 5) is 31.0. The van der Waals surface area contributed by atoms with Crippen LogP contribution >= 0.6 is 37.2 Å². The lowest BCUT2D eigenvalue weighted by Crippen LogP contribution is -2.48. The molecule has 1 aromatic heterocycles. The number of pyridine rings is 1. The number of halogens is 4. The first-order valence-corrected chi connectivity index (χ1v) is 9.88. The molecule has 12 heteroatoms. The number of piperazine rings is 1. The summed E-state index contributed by atoms with van der Waals surface area (Å²) < 4.78 is 14.4. The first-order chi connectivity index (χ1) is 14.3. The number of amides is 3. The lowest BCUT2D eigenvalue weighted by molar-refractivity contribution is -0.129. The molecule has 184 valence electrons. The van der Waals surface area contributed by atoms with Gasteiger partial charge in [0.05, 0.1) is 18.4 Å². The normalized spacial score (nSPS) is 12.7. The summed E-state index contributed by atoms with van der Waals surface area (Å²) in [6, 6.07) is 8.01. The second kappa shape index (κ2) is 14.0. The average molecular weight is 524 g/mol. The molecule has 0 bridgehead atoms. The number of primary amides is 1. The van der Waals surface area contributed by atoms with Crippen molar-refractivity contribution in [3.63, 3.8) is 0 Å². The van der Waals surface area contributed by atoms with Gasteiger partial charge in [0.1, 0.15) is 5.82 Å². The number of benzene rings is 1. The Balaban J connectivity index is 0.00000341. The number of hydrogen-bond donors (Lipinski definition) is 2. The van der Waals surface area contributed by atoms with E-state index in [2.05, 4.69) is 9.88 Å². The summed E-state index contributed by atoms with van der Waals surface area (Å²) in [5.41, 5.74) is 8.14. The van der Waals surface area contributed by atoms with E-state index in [-0.39, 0.29) is 55.5 Å². The molecule has 3 rings (SSSR count). The predicted molar refractivity (Wildman–Crippen MR) is 134 cm³/mol. The molecule has 2 aromatic rings. The maximum atomic E-state index is 14.4. The van der Waals surface area contributed by atoms with E-state index in [1.165, 1.54) is 6.07 Å². The maximum Gasteiger partial charge on any atom is 0.329 e. The smallest absolute Gasteiger partial charge is 0.329 e. The van der Waals surface area contributed by atoms with Gasteiger partial charge in [-0.15, -0.1) is 37.2 Å². The van der Waals surface area contributed by atoms with Gasteiger partial charge < -0.3 is 15.5 Å². The molecule has 0 saturated carbocycles. The minimum atomic E-state index is -0.769. The van der Waals surface area contributed by atoms with Crippen LogP contribution in [0, 0.1) is 5.82 Å². The van der Waals surface area contributed by atoms with Crippen LogP contribution in [-0.4, -0.2) is 53.0 Å². The van der Waals surface area contributed by atoms with E-state index >= 15 is 0 Å². The quantitative estimate of drug-likeness (QED) is 0.344. The van der Waals surface area contributed by atoms with Gasteiger partial charge in [-0.2, -0.15) is 0 Å². The van der Waals surface area contributed by atoms with Crippen molar-refractivity contribution in [3.8, 4) is 0 Å². The van der Waals surface area contributed by atoms with Crippen LogP contribution in [0.3, 0.4) is 0 Å². The van der Waals surface area contributed by atoms with Crippen LogP contribution in [-0.2, 0) is 24.2 Å². The Labute approximate surface area is 211 Å². The van der Waals surface area contributed by atoms with Crippen molar-refractivity contribution >= 4 is 54.8 Å². The molecule has 0 aliphatic carbocycles. The Bertz CT molecular complexity index is 911. The molecule has 1 aliphatic rings. The van der Waals surface area contributed by atoms with Gasteiger partial charge in [-0.1, -0.05) is 12.1 Å². The van der Waals surface area contributed by atoms with Crippen molar-refractivity contribution in [1.29, 1.82) is 0 Å². The molecule has 3 amide bonds. The first-order valence-electron chi connectivity index (χ1n) is 9.88. The van der Waals surface area contributed by atoms with Crippen LogP contribution in [0.15, 0.2) is 36.5 Å². The summed E-state index contributed by atoms with van der Waals surface area (Å²) in [5, 5.41) is 0.833. The fourth-order valence-electron chi connectivity index (χ4n) is 3.46. The average Bonchev–Trinajstić information content (AvgIpc) is 2.73. The third kappa shape index (κ3) is 8.51. The van der Waals surface area contributed by atoms with Crippen molar-refractivity contribution < 1.29 is 14.0 Å². The van der Waals surface area contributed by atoms with E-state index in [1.54, 1.807) is 19.1 Å². The third-order valence-corrected chi connectivity index (χ3v) is 5.30. The number of aryl methyl sites for hydroxylation is 2. The molecule has 0 radical (unpaired) electrons. The van der Waals surface area contributed by atoms with Gasteiger partial charge in [-0.3, -0.25) is 14.8 Å². The number of rotatable bonds is 6. The highest BCUT2D eigenvalue weighted by Crippen LogP contribution is 2.18. The zero-order chi connectivity index (χ0) is 21.7. The van der Waals surface area contributed by atoms with Crippen LogP contribution in [0.5, 0.6) is 0 Å². The van der Waals surface area contributed by atoms with Gasteiger partial charge in [0.15, 0.2) is 0 Å². The van der Waals surface area contributed by atoms with Crippen molar-refractivity contribution in [2.45, 2.75) is 26.3 Å². The number of aromatic nitrogens is 1. The highest BCUT2D eigenvalue weighted by Gasteiger charge is 2.19. The molecule has 1 saturated heterocycles. The molecule has 1 fully saturated rings. The van der Waals surface area contributed by atoms with Crippen LogP contribution in [0.25, 0.3) is 0 Å². The van der Waals surface area contributed by atoms with Gasteiger partial charge in [0.2, 0.25) is 5.91 Å². The largest absolute Gasteiger partial charge is 0.367 e. The van der Waals surface area contributed by atoms with Crippen LogP contribution in [0.2, 0.25) is 0 Å². The van der Waals surface area contributed by atoms with Crippen molar-refractivity contribution in [2.24, 2.45) is 11.6 Å². The second-order valence-corrected chi connectivity index (χ2v) is 7.39. The van der Waals surface area contributed by atoms with E-state index < -0.39 is 6.03 Å². The molecule has 33 heavy (non-hydrogen) atoms. The summed E-state index contributed by atoms with van der Waals surface area (Å²) in [6.45, 7) is 4.65. The second-order valence-electron chi connectivity index (χ2n) is 7.39. The molecule has 1 aliphatic heterocycles. The van der Waals surface area contributed by atoms with Gasteiger partial charge >= 0.3 is 6.03 Å². The highest BCUT2D eigenvalue weighted by atomic mass is 35.5. The predicted octanol–water partition coefficient (Wildman–Crippen LogP) is 2.69. The number of carbonyl (C=O) groups is 2. The molecule has 2 heterocycles. The molecule has 0 atom stereocenters. The zero-order valence-corrected chi connectivity index (χ0v) is 20.7. The molecular weight excluding hydrogens is 494 g/mol. The summed E-state index contributed by atoms with van der Waals surface area (Å²) in [6.07, 6.45) is 2.95. The van der Waals surface area contributed by atoms with Crippen LogP contribution in [0.1, 0.15) is 23.7 Å². The van der Waals surface area contributed by atoms with Gasteiger partial charge in [0.25, 0.3) is 0 Å². The van der Waals surface area contributed by atoms with Crippen LogP contribution < -0.4 is 16.5 Å². The topological polar surface area (TPSA) is 109 Å². The SMILES string of the molecule is CC(=O)N1CCN(c2ccc(CCc3ccc(CN(N)C(N)=O)cc3F)nc2)CC1.Cl.Cl.Cl. The molecule has 1 aromatic carbocycles.